The quantitative estimate of drug-likeness (QED) is 0.757. The summed E-state index contributed by atoms with van der Waals surface area (Å²) < 4.78 is 22.3. The molecule has 0 unspecified atom stereocenters. The van der Waals surface area contributed by atoms with Crippen LogP contribution in [-0.4, -0.2) is 48.2 Å². The van der Waals surface area contributed by atoms with Gasteiger partial charge in [-0.1, -0.05) is 0 Å². The van der Waals surface area contributed by atoms with Crippen LogP contribution >= 0.6 is 0 Å². The fraction of sp³-hybridized carbons (Fsp3) is 1.00. The molecule has 5 heteroatoms. The van der Waals surface area contributed by atoms with Crippen LogP contribution in [0.15, 0.2) is 0 Å². The fourth-order valence-corrected chi connectivity index (χ4v) is 2.32. The van der Waals surface area contributed by atoms with E-state index in [-0.39, 0.29) is 12.2 Å². The molecule has 5 nitrogen and oxygen atoms in total. The van der Waals surface area contributed by atoms with E-state index in [1.165, 1.54) is 0 Å². The molecule has 2 aliphatic rings. The first kappa shape index (κ1) is 12.3. The highest BCUT2D eigenvalue weighted by Gasteiger charge is 2.58. The van der Waals surface area contributed by atoms with Crippen molar-refractivity contribution >= 4 is 0 Å². The average molecular weight is 232 g/mol. The number of rotatable bonds is 2. The van der Waals surface area contributed by atoms with Crippen LogP contribution in [0.2, 0.25) is 0 Å². The smallest absolute Gasteiger partial charge is 0.186 e. The van der Waals surface area contributed by atoms with Crippen LogP contribution in [0, 0.1) is 0 Å². The molecule has 0 aliphatic carbocycles. The predicted molar refractivity (Wildman–Crippen MR) is 55.8 cm³/mol. The van der Waals surface area contributed by atoms with Gasteiger partial charge in [0.1, 0.15) is 18.3 Å². The highest BCUT2D eigenvalue weighted by molar-refractivity contribution is 5.00. The van der Waals surface area contributed by atoms with Crippen molar-refractivity contribution in [1.82, 2.24) is 0 Å². The van der Waals surface area contributed by atoms with E-state index < -0.39 is 23.8 Å². The molecular weight excluding hydrogens is 212 g/mol. The second-order valence-corrected chi connectivity index (χ2v) is 5.38. The van der Waals surface area contributed by atoms with Gasteiger partial charge in [0.15, 0.2) is 12.1 Å². The largest absolute Gasteiger partial charge is 0.388 e. The second kappa shape index (κ2) is 3.65. The summed E-state index contributed by atoms with van der Waals surface area (Å²) in [6, 6.07) is 0. The Labute approximate surface area is 95.6 Å². The van der Waals surface area contributed by atoms with Crippen LogP contribution in [0.25, 0.3) is 0 Å². The fourth-order valence-electron chi connectivity index (χ4n) is 2.32. The SMILES string of the molecule is CO[C@H]1O[C@H](C(C)(C)O)[C@@H]2OC(C)(C)O[C@H]12. The highest BCUT2D eigenvalue weighted by atomic mass is 16.8. The van der Waals surface area contributed by atoms with Gasteiger partial charge in [-0.25, -0.2) is 0 Å². The molecule has 1 N–H and O–H groups in total. The average Bonchev–Trinajstić information content (AvgIpc) is 2.55. The Morgan fingerprint density at radius 2 is 1.75 bits per heavy atom. The number of methoxy groups -OCH3 is 1. The third-order valence-electron chi connectivity index (χ3n) is 2.94. The van der Waals surface area contributed by atoms with Gasteiger partial charge in [-0.3, -0.25) is 0 Å². The molecule has 0 spiro atoms. The van der Waals surface area contributed by atoms with Crippen molar-refractivity contribution in [3.05, 3.63) is 0 Å². The van der Waals surface area contributed by atoms with E-state index in [2.05, 4.69) is 0 Å². The Kier molecular flexibility index (Phi) is 2.79. The van der Waals surface area contributed by atoms with Crippen LogP contribution in [0.4, 0.5) is 0 Å². The zero-order chi connectivity index (χ0) is 12.1. The Morgan fingerprint density at radius 3 is 2.25 bits per heavy atom. The van der Waals surface area contributed by atoms with Gasteiger partial charge in [0, 0.05) is 7.11 Å². The number of hydrogen-bond donors (Lipinski definition) is 1. The topological polar surface area (TPSA) is 57.2 Å². The van der Waals surface area contributed by atoms with Crippen molar-refractivity contribution in [2.24, 2.45) is 0 Å². The monoisotopic (exact) mass is 232 g/mol. The van der Waals surface area contributed by atoms with Gasteiger partial charge in [0.05, 0.1) is 5.60 Å². The summed E-state index contributed by atoms with van der Waals surface area (Å²) in [6.45, 7) is 7.09. The van der Waals surface area contributed by atoms with E-state index in [4.69, 9.17) is 18.9 Å². The zero-order valence-electron chi connectivity index (χ0n) is 10.4. The van der Waals surface area contributed by atoms with Crippen molar-refractivity contribution in [2.75, 3.05) is 7.11 Å². The first-order valence-corrected chi connectivity index (χ1v) is 5.51. The number of ether oxygens (including phenoxy) is 4. The maximum absolute atomic E-state index is 10.0. The maximum atomic E-state index is 10.0. The third-order valence-corrected chi connectivity index (χ3v) is 2.94. The third kappa shape index (κ3) is 1.98. The molecule has 2 rings (SSSR count). The molecule has 2 aliphatic heterocycles. The lowest BCUT2D eigenvalue weighted by atomic mass is 9.96. The maximum Gasteiger partial charge on any atom is 0.186 e. The molecule has 0 saturated carbocycles. The molecule has 2 heterocycles. The van der Waals surface area contributed by atoms with Crippen molar-refractivity contribution in [3.8, 4) is 0 Å². The Balaban J connectivity index is 2.21. The van der Waals surface area contributed by atoms with Crippen molar-refractivity contribution < 1.29 is 24.1 Å². The van der Waals surface area contributed by atoms with Gasteiger partial charge in [0.2, 0.25) is 0 Å². The molecule has 0 aromatic carbocycles. The van der Waals surface area contributed by atoms with Crippen LogP contribution in [0.3, 0.4) is 0 Å². The van der Waals surface area contributed by atoms with Gasteiger partial charge in [-0.2, -0.15) is 0 Å². The normalized spacial score (nSPS) is 42.4. The Hall–Kier alpha value is -0.200. The van der Waals surface area contributed by atoms with E-state index in [0.29, 0.717) is 0 Å². The number of hydrogen-bond acceptors (Lipinski definition) is 5. The molecule has 2 fully saturated rings. The van der Waals surface area contributed by atoms with E-state index >= 15 is 0 Å². The minimum atomic E-state index is -0.986. The standard InChI is InChI=1S/C11H20O5/c1-10(2,12)8-6-7(9(13-5)14-8)16-11(3,4)15-6/h6-9,12H,1-5H3/t6-,7+,8+,9+/m1/s1. The van der Waals surface area contributed by atoms with Crippen LogP contribution < -0.4 is 0 Å². The van der Waals surface area contributed by atoms with Crippen LogP contribution in [-0.2, 0) is 18.9 Å². The van der Waals surface area contributed by atoms with Crippen molar-refractivity contribution in [3.63, 3.8) is 0 Å². The van der Waals surface area contributed by atoms with Gasteiger partial charge in [-0.05, 0) is 27.7 Å². The lowest BCUT2D eigenvalue weighted by Crippen LogP contribution is -2.45. The zero-order valence-corrected chi connectivity index (χ0v) is 10.4. The molecule has 0 aromatic heterocycles. The van der Waals surface area contributed by atoms with Gasteiger partial charge in [0.25, 0.3) is 0 Å². The molecule has 0 amide bonds. The molecular formula is C11H20O5. The van der Waals surface area contributed by atoms with Crippen LogP contribution in [0.5, 0.6) is 0 Å². The van der Waals surface area contributed by atoms with Crippen molar-refractivity contribution in [1.29, 1.82) is 0 Å². The first-order valence-electron chi connectivity index (χ1n) is 5.51. The summed E-state index contributed by atoms with van der Waals surface area (Å²) in [5.74, 6) is -0.653. The molecule has 0 aromatic rings. The molecule has 94 valence electrons. The Morgan fingerprint density at radius 1 is 1.19 bits per heavy atom. The minimum Gasteiger partial charge on any atom is -0.388 e. The van der Waals surface area contributed by atoms with Crippen LogP contribution in [0.1, 0.15) is 27.7 Å². The van der Waals surface area contributed by atoms with E-state index in [0.717, 1.165) is 0 Å². The first-order chi connectivity index (χ1) is 7.24. The van der Waals surface area contributed by atoms with E-state index in [9.17, 15) is 5.11 Å². The summed E-state index contributed by atoms with van der Waals surface area (Å²) in [5, 5.41) is 10.0. The lowest BCUT2D eigenvalue weighted by Gasteiger charge is -2.30. The predicted octanol–water partition coefficient (Wildman–Crippen LogP) is 0.649. The molecule has 4 atom stereocenters. The molecule has 0 bridgehead atoms. The minimum absolute atomic E-state index is 0.281. The summed E-state index contributed by atoms with van der Waals surface area (Å²) in [5.41, 5.74) is -0.986. The molecule has 0 radical (unpaired) electrons. The Bertz CT molecular complexity index is 270. The summed E-state index contributed by atoms with van der Waals surface area (Å²) in [4.78, 5) is 0. The lowest BCUT2D eigenvalue weighted by molar-refractivity contribution is -0.245. The van der Waals surface area contributed by atoms with Gasteiger partial charge >= 0.3 is 0 Å². The highest BCUT2D eigenvalue weighted by Crippen LogP contribution is 2.41. The number of fused-ring (bicyclic) bond motifs is 1. The van der Waals surface area contributed by atoms with Gasteiger partial charge < -0.3 is 24.1 Å². The van der Waals surface area contributed by atoms with Crippen molar-refractivity contribution in [2.45, 2.75) is 63.7 Å². The summed E-state index contributed by atoms with van der Waals surface area (Å²) >= 11 is 0. The van der Waals surface area contributed by atoms with Gasteiger partial charge in [-0.15, -0.1) is 0 Å². The molecule has 2 saturated heterocycles. The van der Waals surface area contributed by atoms with E-state index in [1.807, 2.05) is 13.8 Å². The number of aliphatic hydroxyl groups is 1. The summed E-state index contributed by atoms with van der Waals surface area (Å²) in [6.07, 6.45) is -1.50. The molecule has 16 heavy (non-hydrogen) atoms. The van der Waals surface area contributed by atoms with E-state index in [1.54, 1.807) is 21.0 Å². The summed E-state index contributed by atoms with van der Waals surface area (Å²) in [7, 11) is 1.56. The second-order valence-electron chi connectivity index (χ2n) is 5.38.